The zero-order chi connectivity index (χ0) is 15.5. The van der Waals surface area contributed by atoms with Gasteiger partial charge in [-0.3, -0.25) is 0 Å². The Kier molecular flexibility index (Phi) is 4.90. The minimum atomic E-state index is -4.48. The molecule has 0 radical (unpaired) electrons. The highest BCUT2D eigenvalue weighted by atomic mass is 79.9. The van der Waals surface area contributed by atoms with Gasteiger partial charge in [-0.25, -0.2) is 0 Å². The van der Waals surface area contributed by atoms with Gasteiger partial charge >= 0.3 is 6.18 Å². The Morgan fingerprint density at radius 3 is 2.48 bits per heavy atom. The fraction of sp³-hybridized carbons (Fsp3) is 0.200. The van der Waals surface area contributed by atoms with E-state index >= 15 is 0 Å². The Morgan fingerprint density at radius 2 is 1.81 bits per heavy atom. The molecule has 0 aliphatic carbocycles. The minimum absolute atomic E-state index is 0.214. The molecule has 0 atom stereocenters. The quantitative estimate of drug-likeness (QED) is 0.831. The smallest absolute Gasteiger partial charge is 0.420 e. The molecule has 2 nitrogen and oxygen atoms in total. The first kappa shape index (κ1) is 15.9. The van der Waals surface area contributed by atoms with Gasteiger partial charge in [-0.2, -0.15) is 13.2 Å². The number of alkyl halides is 3. The summed E-state index contributed by atoms with van der Waals surface area (Å²) in [5.74, 6) is 0.189. The number of hydrogen-bond acceptors (Lipinski definition) is 2. The number of ether oxygens (including phenoxy) is 1. The van der Waals surface area contributed by atoms with Gasteiger partial charge in [-0.1, -0.05) is 34.1 Å². The molecule has 0 bridgehead atoms. The molecule has 0 aliphatic rings. The van der Waals surface area contributed by atoms with Crippen LogP contribution in [-0.2, 0) is 12.7 Å². The first-order valence-electron chi connectivity index (χ1n) is 6.19. The lowest BCUT2D eigenvalue weighted by atomic mass is 10.1. The molecular formula is C15H13BrF3NO. The van der Waals surface area contributed by atoms with Crippen LogP contribution in [0, 0.1) is 0 Å². The van der Waals surface area contributed by atoms with Crippen molar-refractivity contribution in [2.24, 2.45) is 0 Å². The van der Waals surface area contributed by atoms with Gasteiger partial charge in [0.2, 0.25) is 0 Å². The maximum atomic E-state index is 13.1. The van der Waals surface area contributed by atoms with E-state index in [4.69, 9.17) is 4.74 Å². The van der Waals surface area contributed by atoms with Gasteiger partial charge < -0.3 is 10.1 Å². The number of benzene rings is 2. The number of nitrogens with one attached hydrogen (secondary N) is 1. The molecule has 0 unspecified atom stereocenters. The van der Waals surface area contributed by atoms with Crippen LogP contribution in [0.5, 0.6) is 11.5 Å². The topological polar surface area (TPSA) is 21.3 Å². The van der Waals surface area contributed by atoms with Crippen molar-refractivity contribution >= 4 is 15.9 Å². The molecule has 0 aromatic heterocycles. The van der Waals surface area contributed by atoms with Crippen molar-refractivity contribution in [1.29, 1.82) is 0 Å². The van der Waals surface area contributed by atoms with Crippen molar-refractivity contribution in [2.75, 3.05) is 7.05 Å². The second-order valence-corrected chi connectivity index (χ2v) is 5.29. The molecule has 2 aromatic rings. The SMILES string of the molecule is CNCc1ccccc1Oc1ccc(Br)cc1C(F)(F)F. The summed E-state index contributed by atoms with van der Waals surface area (Å²) in [6, 6.07) is 10.8. The van der Waals surface area contributed by atoms with Crippen LogP contribution in [0.15, 0.2) is 46.9 Å². The fourth-order valence-electron chi connectivity index (χ4n) is 1.87. The van der Waals surface area contributed by atoms with Crippen molar-refractivity contribution in [3.05, 3.63) is 58.1 Å². The third-order valence-electron chi connectivity index (χ3n) is 2.81. The van der Waals surface area contributed by atoms with E-state index in [1.807, 2.05) is 6.07 Å². The summed E-state index contributed by atoms with van der Waals surface area (Å²) in [6.45, 7) is 0.508. The molecule has 1 N–H and O–H groups in total. The average Bonchev–Trinajstić information content (AvgIpc) is 2.42. The van der Waals surface area contributed by atoms with Gasteiger partial charge in [0.05, 0.1) is 5.56 Å². The lowest BCUT2D eigenvalue weighted by molar-refractivity contribution is -0.138. The summed E-state index contributed by atoms with van der Waals surface area (Å²) in [7, 11) is 1.76. The normalized spacial score (nSPS) is 11.5. The van der Waals surface area contributed by atoms with E-state index in [0.717, 1.165) is 11.6 Å². The third kappa shape index (κ3) is 3.98. The van der Waals surface area contributed by atoms with Gasteiger partial charge in [-0.05, 0) is 31.3 Å². The highest BCUT2D eigenvalue weighted by Gasteiger charge is 2.34. The summed E-state index contributed by atoms with van der Waals surface area (Å²) >= 11 is 3.05. The first-order chi connectivity index (χ1) is 9.91. The van der Waals surface area contributed by atoms with Crippen molar-refractivity contribution in [2.45, 2.75) is 12.7 Å². The van der Waals surface area contributed by atoms with Crippen molar-refractivity contribution < 1.29 is 17.9 Å². The Labute approximate surface area is 129 Å². The van der Waals surface area contributed by atoms with Crippen molar-refractivity contribution in [3.8, 4) is 11.5 Å². The van der Waals surface area contributed by atoms with Gasteiger partial charge in [0.1, 0.15) is 11.5 Å². The summed E-state index contributed by atoms with van der Waals surface area (Å²) in [6.07, 6.45) is -4.48. The van der Waals surface area contributed by atoms with E-state index in [1.54, 1.807) is 25.2 Å². The third-order valence-corrected chi connectivity index (χ3v) is 3.30. The van der Waals surface area contributed by atoms with E-state index in [2.05, 4.69) is 21.2 Å². The second-order valence-electron chi connectivity index (χ2n) is 4.38. The van der Waals surface area contributed by atoms with Crippen LogP contribution in [0.4, 0.5) is 13.2 Å². The van der Waals surface area contributed by atoms with Gasteiger partial charge in [-0.15, -0.1) is 0 Å². The first-order valence-corrected chi connectivity index (χ1v) is 6.98. The van der Waals surface area contributed by atoms with Gasteiger partial charge in [0.15, 0.2) is 0 Å². The summed E-state index contributed by atoms with van der Waals surface area (Å²) in [5.41, 5.74) is -0.0211. The monoisotopic (exact) mass is 359 g/mol. The lowest BCUT2D eigenvalue weighted by Gasteiger charge is -2.16. The van der Waals surface area contributed by atoms with Crippen LogP contribution in [0.1, 0.15) is 11.1 Å². The van der Waals surface area contributed by atoms with Crippen molar-refractivity contribution in [3.63, 3.8) is 0 Å². The van der Waals surface area contributed by atoms with E-state index in [-0.39, 0.29) is 5.75 Å². The summed E-state index contributed by atoms with van der Waals surface area (Å²) in [4.78, 5) is 0. The number of halogens is 4. The number of hydrogen-bond donors (Lipinski definition) is 1. The van der Waals surface area contributed by atoms with Crippen molar-refractivity contribution in [1.82, 2.24) is 5.32 Å². The predicted molar refractivity (Wildman–Crippen MR) is 78.4 cm³/mol. The lowest BCUT2D eigenvalue weighted by Crippen LogP contribution is -2.09. The highest BCUT2D eigenvalue weighted by molar-refractivity contribution is 9.10. The zero-order valence-electron chi connectivity index (χ0n) is 11.2. The largest absolute Gasteiger partial charge is 0.456 e. The van der Waals surface area contributed by atoms with Gasteiger partial charge in [0, 0.05) is 16.6 Å². The molecule has 2 rings (SSSR count). The van der Waals surface area contributed by atoms with E-state index in [9.17, 15) is 13.2 Å². The maximum Gasteiger partial charge on any atom is 0.420 e. The molecule has 0 amide bonds. The molecule has 0 spiro atoms. The number of rotatable bonds is 4. The van der Waals surface area contributed by atoms with Crippen LogP contribution in [-0.4, -0.2) is 7.05 Å². The number of para-hydroxylation sites is 1. The summed E-state index contributed by atoms with van der Waals surface area (Å²) in [5, 5.41) is 2.95. The van der Waals surface area contributed by atoms with E-state index < -0.39 is 11.7 Å². The molecular weight excluding hydrogens is 347 g/mol. The van der Waals surface area contributed by atoms with Crippen LogP contribution < -0.4 is 10.1 Å². The molecule has 0 aliphatic heterocycles. The molecule has 0 saturated heterocycles. The van der Waals surface area contributed by atoms with Crippen LogP contribution in [0.3, 0.4) is 0 Å². The zero-order valence-corrected chi connectivity index (χ0v) is 12.8. The van der Waals surface area contributed by atoms with Crippen LogP contribution >= 0.6 is 15.9 Å². The minimum Gasteiger partial charge on any atom is -0.456 e. The standard InChI is InChI=1S/C15H13BrF3NO/c1-20-9-10-4-2-3-5-13(10)21-14-7-6-11(16)8-12(14)15(17,18)19/h2-8,20H,9H2,1H3. The van der Waals surface area contributed by atoms with Gasteiger partial charge in [0.25, 0.3) is 0 Å². The highest BCUT2D eigenvalue weighted by Crippen LogP contribution is 2.40. The molecule has 112 valence electrons. The Morgan fingerprint density at radius 1 is 1.10 bits per heavy atom. The Balaban J connectivity index is 2.41. The Hall–Kier alpha value is -1.53. The molecule has 6 heteroatoms. The van der Waals surface area contributed by atoms with Crippen LogP contribution in [0.25, 0.3) is 0 Å². The average molecular weight is 360 g/mol. The molecule has 0 heterocycles. The van der Waals surface area contributed by atoms with E-state index in [1.165, 1.54) is 12.1 Å². The van der Waals surface area contributed by atoms with E-state index in [0.29, 0.717) is 16.8 Å². The summed E-state index contributed by atoms with van der Waals surface area (Å²) < 4.78 is 45.0. The molecule has 2 aromatic carbocycles. The molecule has 0 saturated carbocycles. The second kappa shape index (κ2) is 6.49. The molecule has 21 heavy (non-hydrogen) atoms. The predicted octanol–water partition coefficient (Wildman–Crippen LogP) is 4.98. The molecule has 0 fully saturated rings. The van der Waals surface area contributed by atoms with Crippen LogP contribution in [0.2, 0.25) is 0 Å². The maximum absolute atomic E-state index is 13.1. The Bertz CT molecular complexity index is 629. The fourth-order valence-corrected chi connectivity index (χ4v) is 2.23.